The number of nitrogens with zero attached hydrogens (tertiary/aromatic N) is 3. The third-order valence-electron chi connectivity index (χ3n) is 3.18. The molecule has 0 amide bonds. The standard InChI is InChI=1S/C13H24N4/c1-11-8-16(6-5-14-11)9-12-7-15-17(10-12)13(2,3)4/h7,10-11,14H,5-6,8-9H2,1-4H3/t11-/m0/s1. The minimum Gasteiger partial charge on any atom is -0.312 e. The molecule has 4 heteroatoms. The third-order valence-corrected chi connectivity index (χ3v) is 3.18. The Balaban J connectivity index is 1.97. The molecule has 17 heavy (non-hydrogen) atoms. The van der Waals surface area contributed by atoms with Crippen molar-refractivity contribution in [3.05, 3.63) is 18.0 Å². The molecule has 96 valence electrons. The summed E-state index contributed by atoms with van der Waals surface area (Å²) in [6.45, 7) is 13.1. The average Bonchev–Trinajstić information content (AvgIpc) is 2.65. The Morgan fingerprint density at radius 3 is 2.82 bits per heavy atom. The van der Waals surface area contributed by atoms with Gasteiger partial charge < -0.3 is 5.32 Å². The van der Waals surface area contributed by atoms with E-state index in [1.54, 1.807) is 0 Å². The van der Waals surface area contributed by atoms with Crippen molar-refractivity contribution in [1.82, 2.24) is 20.0 Å². The van der Waals surface area contributed by atoms with E-state index in [-0.39, 0.29) is 5.54 Å². The summed E-state index contributed by atoms with van der Waals surface area (Å²) >= 11 is 0. The third kappa shape index (κ3) is 3.30. The zero-order chi connectivity index (χ0) is 12.5. The molecule has 1 saturated heterocycles. The Morgan fingerprint density at radius 1 is 1.47 bits per heavy atom. The van der Waals surface area contributed by atoms with E-state index in [9.17, 15) is 0 Å². The van der Waals surface area contributed by atoms with Crippen LogP contribution in [-0.4, -0.2) is 40.4 Å². The Kier molecular flexibility index (Phi) is 3.54. The van der Waals surface area contributed by atoms with Crippen molar-refractivity contribution in [2.45, 2.75) is 45.8 Å². The molecule has 0 radical (unpaired) electrons. The van der Waals surface area contributed by atoms with Crippen molar-refractivity contribution in [1.29, 1.82) is 0 Å². The zero-order valence-electron chi connectivity index (χ0n) is 11.4. The van der Waals surface area contributed by atoms with Gasteiger partial charge in [-0.05, 0) is 27.7 Å². The molecule has 0 unspecified atom stereocenters. The molecule has 2 rings (SSSR count). The summed E-state index contributed by atoms with van der Waals surface area (Å²) in [7, 11) is 0. The van der Waals surface area contributed by atoms with E-state index in [0.717, 1.165) is 26.2 Å². The molecular weight excluding hydrogens is 212 g/mol. The van der Waals surface area contributed by atoms with Crippen molar-refractivity contribution in [3.63, 3.8) is 0 Å². The molecule has 0 aliphatic carbocycles. The fraction of sp³-hybridized carbons (Fsp3) is 0.769. The number of rotatable bonds is 2. The van der Waals surface area contributed by atoms with Crippen molar-refractivity contribution in [2.24, 2.45) is 0 Å². The maximum atomic E-state index is 4.45. The monoisotopic (exact) mass is 236 g/mol. The van der Waals surface area contributed by atoms with E-state index in [4.69, 9.17) is 0 Å². The van der Waals surface area contributed by atoms with E-state index < -0.39 is 0 Å². The maximum Gasteiger partial charge on any atom is 0.0543 e. The van der Waals surface area contributed by atoms with Crippen LogP contribution in [0.25, 0.3) is 0 Å². The molecule has 1 aliphatic heterocycles. The van der Waals surface area contributed by atoms with Crippen LogP contribution in [0.4, 0.5) is 0 Å². The smallest absolute Gasteiger partial charge is 0.0543 e. The number of nitrogens with one attached hydrogen (secondary N) is 1. The van der Waals surface area contributed by atoms with Gasteiger partial charge in [-0.15, -0.1) is 0 Å². The van der Waals surface area contributed by atoms with Gasteiger partial charge in [-0.1, -0.05) is 0 Å². The van der Waals surface area contributed by atoms with E-state index in [2.05, 4.69) is 49.2 Å². The van der Waals surface area contributed by atoms with Gasteiger partial charge in [-0.2, -0.15) is 5.10 Å². The van der Waals surface area contributed by atoms with E-state index in [1.807, 2.05) is 10.9 Å². The Morgan fingerprint density at radius 2 is 2.24 bits per heavy atom. The Hall–Kier alpha value is -0.870. The topological polar surface area (TPSA) is 33.1 Å². The second kappa shape index (κ2) is 4.78. The summed E-state index contributed by atoms with van der Waals surface area (Å²) in [6.07, 6.45) is 4.17. The molecular formula is C13H24N4. The average molecular weight is 236 g/mol. The highest BCUT2D eigenvalue weighted by molar-refractivity contribution is 5.05. The van der Waals surface area contributed by atoms with Gasteiger partial charge in [-0.25, -0.2) is 0 Å². The molecule has 1 aromatic rings. The van der Waals surface area contributed by atoms with Crippen molar-refractivity contribution < 1.29 is 0 Å². The Labute approximate surface area is 104 Å². The van der Waals surface area contributed by atoms with E-state index in [1.165, 1.54) is 5.56 Å². The van der Waals surface area contributed by atoms with Gasteiger partial charge in [-0.3, -0.25) is 9.58 Å². The fourth-order valence-corrected chi connectivity index (χ4v) is 2.22. The second-order valence-corrected chi connectivity index (χ2v) is 6.05. The molecule has 1 atom stereocenters. The highest BCUT2D eigenvalue weighted by atomic mass is 15.3. The van der Waals surface area contributed by atoms with Crippen LogP contribution in [0.2, 0.25) is 0 Å². The van der Waals surface area contributed by atoms with Gasteiger partial charge in [0.05, 0.1) is 11.7 Å². The molecule has 0 bridgehead atoms. The normalized spacial score (nSPS) is 22.9. The molecule has 0 spiro atoms. The van der Waals surface area contributed by atoms with Crippen LogP contribution in [-0.2, 0) is 12.1 Å². The van der Waals surface area contributed by atoms with Gasteiger partial charge in [0.25, 0.3) is 0 Å². The quantitative estimate of drug-likeness (QED) is 0.843. The van der Waals surface area contributed by atoms with Gasteiger partial charge >= 0.3 is 0 Å². The highest BCUT2D eigenvalue weighted by Crippen LogP contribution is 2.14. The number of aromatic nitrogens is 2. The lowest BCUT2D eigenvalue weighted by Crippen LogP contribution is -2.48. The lowest BCUT2D eigenvalue weighted by Gasteiger charge is -2.31. The van der Waals surface area contributed by atoms with E-state index in [0.29, 0.717) is 6.04 Å². The predicted octanol–water partition coefficient (Wildman–Crippen LogP) is 1.43. The first-order valence-electron chi connectivity index (χ1n) is 6.45. The fourth-order valence-electron chi connectivity index (χ4n) is 2.22. The molecule has 1 aliphatic rings. The van der Waals surface area contributed by atoms with Crippen LogP contribution >= 0.6 is 0 Å². The summed E-state index contributed by atoms with van der Waals surface area (Å²) in [5.41, 5.74) is 1.39. The molecule has 1 aromatic heterocycles. The SMILES string of the molecule is C[C@H]1CN(Cc2cnn(C(C)(C)C)c2)CCN1. The maximum absolute atomic E-state index is 4.45. The summed E-state index contributed by atoms with van der Waals surface area (Å²) in [5, 5.41) is 7.91. The minimum atomic E-state index is 0.0784. The minimum absolute atomic E-state index is 0.0784. The molecule has 1 N–H and O–H groups in total. The Bertz CT molecular complexity index is 364. The van der Waals surface area contributed by atoms with Crippen LogP contribution in [0.1, 0.15) is 33.3 Å². The number of hydrogen-bond donors (Lipinski definition) is 1. The van der Waals surface area contributed by atoms with Crippen LogP contribution in [0.3, 0.4) is 0 Å². The lowest BCUT2D eigenvalue weighted by atomic mass is 10.1. The van der Waals surface area contributed by atoms with E-state index >= 15 is 0 Å². The second-order valence-electron chi connectivity index (χ2n) is 6.05. The molecule has 4 nitrogen and oxygen atoms in total. The van der Waals surface area contributed by atoms with Crippen molar-refractivity contribution >= 4 is 0 Å². The summed E-state index contributed by atoms with van der Waals surface area (Å²) in [5.74, 6) is 0. The zero-order valence-corrected chi connectivity index (χ0v) is 11.4. The van der Waals surface area contributed by atoms with Crippen molar-refractivity contribution in [2.75, 3.05) is 19.6 Å². The van der Waals surface area contributed by atoms with Crippen LogP contribution < -0.4 is 5.32 Å². The largest absolute Gasteiger partial charge is 0.312 e. The highest BCUT2D eigenvalue weighted by Gasteiger charge is 2.18. The first-order valence-corrected chi connectivity index (χ1v) is 6.45. The molecule has 1 fully saturated rings. The molecule has 0 aromatic carbocycles. The summed E-state index contributed by atoms with van der Waals surface area (Å²) in [4.78, 5) is 2.49. The number of hydrogen-bond acceptors (Lipinski definition) is 3. The van der Waals surface area contributed by atoms with Gasteiger partial charge in [0.15, 0.2) is 0 Å². The number of piperazine rings is 1. The van der Waals surface area contributed by atoms with Gasteiger partial charge in [0.2, 0.25) is 0 Å². The van der Waals surface area contributed by atoms with Gasteiger partial charge in [0.1, 0.15) is 0 Å². The summed E-state index contributed by atoms with van der Waals surface area (Å²) in [6, 6.07) is 0.599. The van der Waals surface area contributed by atoms with Crippen LogP contribution in [0.5, 0.6) is 0 Å². The lowest BCUT2D eigenvalue weighted by molar-refractivity contribution is 0.199. The summed E-state index contributed by atoms with van der Waals surface area (Å²) < 4.78 is 2.05. The molecule has 0 saturated carbocycles. The van der Waals surface area contributed by atoms with Gasteiger partial charge in [0, 0.05) is 44.0 Å². The first kappa shape index (κ1) is 12.6. The van der Waals surface area contributed by atoms with Crippen LogP contribution in [0, 0.1) is 0 Å². The van der Waals surface area contributed by atoms with Crippen molar-refractivity contribution in [3.8, 4) is 0 Å². The molecule has 2 heterocycles. The first-order chi connectivity index (χ1) is 7.95. The predicted molar refractivity (Wildman–Crippen MR) is 70.0 cm³/mol. The van der Waals surface area contributed by atoms with Crippen LogP contribution in [0.15, 0.2) is 12.4 Å².